The Hall–Kier alpha value is -4.12. The summed E-state index contributed by atoms with van der Waals surface area (Å²) >= 11 is 0. The molecule has 2 aromatic rings. The number of carbonyl (C=O) groups is 4. The molecule has 0 aliphatic carbocycles. The maximum atomic E-state index is 12.8. The van der Waals surface area contributed by atoms with E-state index in [1.807, 2.05) is 59.5 Å². The Kier molecular flexibility index (Phi) is 11.6. The molecule has 1 unspecified atom stereocenters. The molecule has 1 saturated heterocycles. The number of nitrogens with one attached hydrogen (secondary N) is 2. The summed E-state index contributed by atoms with van der Waals surface area (Å²) in [5.41, 5.74) is 1.81. The van der Waals surface area contributed by atoms with E-state index < -0.39 is 12.1 Å². The monoisotopic (exact) mass is 540 g/mol. The summed E-state index contributed by atoms with van der Waals surface area (Å²) in [7, 11) is 1.59. The van der Waals surface area contributed by atoms with E-state index in [0.717, 1.165) is 16.9 Å². The van der Waals surface area contributed by atoms with Crippen LogP contribution in [0.2, 0.25) is 0 Å². The molecule has 1 aliphatic rings. The molecule has 39 heavy (non-hydrogen) atoms. The number of ether oxygens (including phenoxy) is 3. The molecule has 2 N–H and O–H groups in total. The number of esters is 1. The summed E-state index contributed by atoms with van der Waals surface area (Å²) in [6.07, 6.45) is -0.492. The topological polar surface area (TPSA) is 127 Å². The summed E-state index contributed by atoms with van der Waals surface area (Å²) < 4.78 is 15.5. The molecule has 3 amide bonds. The molecule has 0 aromatic heterocycles. The molecule has 1 heterocycles. The van der Waals surface area contributed by atoms with E-state index in [9.17, 15) is 19.2 Å². The van der Waals surface area contributed by atoms with Gasteiger partial charge in [0, 0.05) is 46.1 Å². The van der Waals surface area contributed by atoms with E-state index in [2.05, 4.69) is 10.6 Å². The highest BCUT2D eigenvalue weighted by molar-refractivity contribution is 5.79. The number of benzene rings is 2. The van der Waals surface area contributed by atoms with Crippen LogP contribution in [0.4, 0.5) is 4.79 Å². The highest BCUT2D eigenvalue weighted by Crippen LogP contribution is 2.13. The molecule has 0 bridgehead atoms. The van der Waals surface area contributed by atoms with E-state index in [0.29, 0.717) is 26.2 Å². The maximum absolute atomic E-state index is 12.8. The molecule has 1 atom stereocenters. The second-order valence-electron chi connectivity index (χ2n) is 9.13. The van der Waals surface area contributed by atoms with Crippen LogP contribution in [0, 0.1) is 0 Å². The normalized spacial score (nSPS) is 15.2. The second-order valence-corrected chi connectivity index (χ2v) is 9.13. The number of hydrogen-bond acceptors (Lipinski definition) is 8. The third-order valence-electron chi connectivity index (χ3n) is 6.25. The average Bonchev–Trinajstić information content (AvgIpc) is 2.95. The van der Waals surface area contributed by atoms with Crippen LogP contribution < -0.4 is 15.4 Å². The van der Waals surface area contributed by atoms with Gasteiger partial charge in [0.25, 0.3) is 0 Å². The smallest absolute Gasteiger partial charge is 0.407 e. The SMILES string of the molecule is COc1ccc(CNC(=O)CN2CCN(C(=O)CCNC(=O)OCc3ccccc3)CC2COC(C)=O)cc1. The molecule has 11 heteroatoms. The van der Waals surface area contributed by atoms with Crippen LogP contribution in [0.1, 0.15) is 24.5 Å². The largest absolute Gasteiger partial charge is 0.497 e. The standard InChI is InChI=1S/C28H36N4O7/c1-21(33)38-20-24-17-32(27(35)12-13-29-28(36)39-19-23-6-4-3-5-7-23)15-14-31(24)18-26(34)30-16-22-8-10-25(37-2)11-9-22/h3-11,24H,12-20H2,1-2H3,(H,29,36)(H,30,34). The van der Waals surface area contributed by atoms with Gasteiger partial charge in [0.1, 0.15) is 19.0 Å². The Balaban J connectivity index is 1.43. The summed E-state index contributed by atoms with van der Waals surface area (Å²) in [6, 6.07) is 16.4. The van der Waals surface area contributed by atoms with Crippen LogP contribution >= 0.6 is 0 Å². The fourth-order valence-electron chi connectivity index (χ4n) is 4.09. The highest BCUT2D eigenvalue weighted by Gasteiger charge is 2.31. The fourth-order valence-corrected chi connectivity index (χ4v) is 4.09. The van der Waals surface area contributed by atoms with Crippen LogP contribution in [0.5, 0.6) is 5.75 Å². The summed E-state index contributed by atoms with van der Waals surface area (Å²) in [4.78, 5) is 52.4. The van der Waals surface area contributed by atoms with Crippen LogP contribution in [-0.2, 0) is 37.0 Å². The first-order valence-corrected chi connectivity index (χ1v) is 12.8. The van der Waals surface area contributed by atoms with Gasteiger partial charge in [-0.3, -0.25) is 19.3 Å². The summed E-state index contributed by atoms with van der Waals surface area (Å²) in [5.74, 6) is -0.00317. The quantitative estimate of drug-likeness (QED) is 0.390. The van der Waals surface area contributed by atoms with E-state index in [1.54, 1.807) is 12.0 Å². The lowest BCUT2D eigenvalue weighted by Gasteiger charge is -2.40. The number of rotatable bonds is 12. The number of carbonyl (C=O) groups excluding carboxylic acids is 4. The van der Waals surface area contributed by atoms with Crippen LogP contribution in [0.25, 0.3) is 0 Å². The van der Waals surface area contributed by atoms with Crippen molar-refractivity contribution in [2.45, 2.75) is 32.5 Å². The molecule has 1 aliphatic heterocycles. The van der Waals surface area contributed by atoms with E-state index in [4.69, 9.17) is 14.2 Å². The molecule has 2 aromatic carbocycles. The number of amides is 3. The van der Waals surface area contributed by atoms with Gasteiger partial charge in [-0.1, -0.05) is 42.5 Å². The van der Waals surface area contributed by atoms with Crippen LogP contribution in [-0.4, -0.2) is 86.2 Å². The molecule has 11 nitrogen and oxygen atoms in total. The van der Waals surface area contributed by atoms with Crippen molar-refractivity contribution in [3.8, 4) is 5.75 Å². The number of piperazine rings is 1. The first kappa shape index (κ1) is 29.4. The lowest BCUT2D eigenvalue weighted by Crippen LogP contribution is -2.58. The van der Waals surface area contributed by atoms with Gasteiger partial charge in [-0.15, -0.1) is 0 Å². The van der Waals surface area contributed by atoms with Crippen molar-refractivity contribution in [2.24, 2.45) is 0 Å². The van der Waals surface area contributed by atoms with E-state index in [-0.39, 0.29) is 50.6 Å². The maximum Gasteiger partial charge on any atom is 0.407 e. The molecule has 3 rings (SSSR count). The second kappa shape index (κ2) is 15.3. The minimum absolute atomic E-state index is 0.0644. The third-order valence-corrected chi connectivity index (χ3v) is 6.25. The molecular weight excluding hydrogens is 504 g/mol. The molecular formula is C28H36N4O7. The van der Waals surface area contributed by atoms with Gasteiger partial charge in [0.05, 0.1) is 19.7 Å². The van der Waals surface area contributed by atoms with Gasteiger partial charge < -0.3 is 29.7 Å². The summed E-state index contributed by atoms with van der Waals surface area (Å²) in [5, 5.41) is 5.50. The Morgan fingerprint density at radius 2 is 1.67 bits per heavy atom. The van der Waals surface area contributed by atoms with Gasteiger partial charge in [-0.05, 0) is 23.3 Å². The minimum atomic E-state index is -0.593. The van der Waals surface area contributed by atoms with Gasteiger partial charge in [0.2, 0.25) is 11.8 Å². The molecule has 1 fully saturated rings. The number of methoxy groups -OCH3 is 1. The van der Waals surface area contributed by atoms with Crippen molar-refractivity contribution >= 4 is 23.9 Å². The predicted molar refractivity (Wildman–Crippen MR) is 143 cm³/mol. The number of alkyl carbamates (subject to hydrolysis) is 1. The molecule has 0 radical (unpaired) electrons. The van der Waals surface area contributed by atoms with Crippen molar-refractivity contribution < 1.29 is 33.4 Å². The van der Waals surface area contributed by atoms with E-state index >= 15 is 0 Å². The fraction of sp³-hybridized carbons (Fsp3) is 0.429. The molecule has 0 saturated carbocycles. The van der Waals surface area contributed by atoms with Gasteiger partial charge in [-0.25, -0.2) is 4.79 Å². The van der Waals surface area contributed by atoms with Gasteiger partial charge in [-0.2, -0.15) is 0 Å². The van der Waals surface area contributed by atoms with Crippen LogP contribution in [0.3, 0.4) is 0 Å². The average molecular weight is 541 g/mol. The first-order valence-electron chi connectivity index (χ1n) is 12.8. The van der Waals surface area contributed by atoms with Crippen LogP contribution in [0.15, 0.2) is 54.6 Å². The van der Waals surface area contributed by atoms with Crippen molar-refractivity contribution in [3.63, 3.8) is 0 Å². The van der Waals surface area contributed by atoms with Crippen molar-refractivity contribution in [1.29, 1.82) is 0 Å². The van der Waals surface area contributed by atoms with E-state index in [1.165, 1.54) is 6.92 Å². The third kappa shape index (κ3) is 10.3. The Morgan fingerprint density at radius 3 is 2.36 bits per heavy atom. The van der Waals surface area contributed by atoms with Crippen molar-refractivity contribution in [1.82, 2.24) is 20.4 Å². The zero-order valence-corrected chi connectivity index (χ0v) is 22.4. The number of nitrogens with zero attached hydrogens (tertiary/aromatic N) is 2. The van der Waals surface area contributed by atoms with Gasteiger partial charge >= 0.3 is 12.1 Å². The zero-order valence-electron chi connectivity index (χ0n) is 22.4. The van der Waals surface area contributed by atoms with Crippen molar-refractivity contribution in [3.05, 3.63) is 65.7 Å². The molecule has 210 valence electrons. The summed E-state index contributed by atoms with van der Waals surface area (Å²) in [6.45, 7) is 3.31. The minimum Gasteiger partial charge on any atom is -0.497 e. The Morgan fingerprint density at radius 1 is 0.923 bits per heavy atom. The lowest BCUT2D eigenvalue weighted by atomic mass is 10.1. The van der Waals surface area contributed by atoms with Crippen molar-refractivity contribution in [2.75, 3.05) is 46.4 Å². The lowest BCUT2D eigenvalue weighted by molar-refractivity contribution is -0.145. The predicted octanol–water partition coefficient (Wildman–Crippen LogP) is 1.70. The zero-order chi connectivity index (χ0) is 28.0. The first-order chi connectivity index (χ1) is 18.8. The Bertz CT molecular complexity index is 1090. The van der Waals surface area contributed by atoms with Gasteiger partial charge in [0.15, 0.2) is 0 Å². The number of hydrogen-bond donors (Lipinski definition) is 2. The molecule has 0 spiro atoms. The highest BCUT2D eigenvalue weighted by atomic mass is 16.5. The Labute approximate surface area is 228 Å².